The molecule has 2 aromatic carbocycles. The summed E-state index contributed by atoms with van der Waals surface area (Å²) in [5.41, 5.74) is 3.64. The van der Waals surface area contributed by atoms with E-state index in [0.717, 1.165) is 17.7 Å². The second kappa shape index (κ2) is 7.36. The summed E-state index contributed by atoms with van der Waals surface area (Å²) in [5, 5.41) is 1.04. The molecule has 2 heterocycles. The van der Waals surface area contributed by atoms with Crippen molar-refractivity contribution in [3.63, 3.8) is 0 Å². The van der Waals surface area contributed by atoms with Crippen LogP contribution < -0.4 is 5.56 Å². The van der Waals surface area contributed by atoms with E-state index in [1.807, 2.05) is 18.3 Å². The van der Waals surface area contributed by atoms with Crippen molar-refractivity contribution >= 4 is 44.1 Å². The van der Waals surface area contributed by atoms with Gasteiger partial charge in [-0.3, -0.25) is 9.79 Å². The number of H-pyrrole nitrogens is 1. The number of nitrogens with zero attached hydrogens (tertiary/aromatic N) is 2. The van der Waals surface area contributed by atoms with E-state index in [-0.39, 0.29) is 16.0 Å². The van der Waals surface area contributed by atoms with Crippen LogP contribution in [0.1, 0.15) is 18.1 Å². The fourth-order valence-electron chi connectivity index (χ4n) is 4.93. The Bertz CT molecular complexity index is 1150. The molecular formula is C22H24B3N3O. The Morgan fingerprint density at radius 2 is 2.03 bits per heavy atom. The van der Waals surface area contributed by atoms with Crippen LogP contribution in [0.25, 0.3) is 10.9 Å². The van der Waals surface area contributed by atoms with E-state index in [4.69, 9.17) is 0 Å². The van der Waals surface area contributed by atoms with Gasteiger partial charge in [-0.1, -0.05) is 62.1 Å². The lowest BCUT2D eigenvalue weighted by molar-refractivity contribution is 0.773. The summed E-state index contributed by atoms with van der Waals surface area (Å²) < 4.78 is 0. The van der Waals surface area contributed by atoms with Gasteiger partial charge in [0.15, 0.2) is 0 Å². The minimum Gasteiger partial charge on any atom is -0.313 e. The van der Waals surface area contributed by atoms with Crippen LogP contribution >= 0.6 is 0 Å². The fourth-order valence-corrected chi connectivity index (χ4v) is 4.93. The van der Waals surface area contributed by atoms with Crippen molar-refractivity contribution in [2.75, 3.05) is 0 Å². The van der Waals surface area contributed by atoms with Crippen molar-refractivity contribution in [3.05, 3.63) is 70.3 Å². The molecule has 2 radical (unpaired) electrons. The minimum absolute atomic E-state index is 0.149. The van der Waals surface area contributed by atoms with E-state index in [2.05, 4.69) is 81.2 Å². The van der Waals surface area contributed by atoms with Gasteiger partial charge < -0.3 is 4.98 Å². The van der Waals surface area contributed by atoms with Gasteiger partial charge >= 0.3 is 0 Å². The van der Waals surface area contributed by atoms with E-state index in [9.17, 15) is 4.79 Å². The predicted molar refractivity (Wildman–Crippen MR) is 126 cm³/mol. The SMILES string of the molecule is C[B]C1(C)B(C)C1([B]C)Cc1cccc(C=Nc2ccc3nc[nH]c(=O)c3c2)c1. The topological polar surface area (TPSA) is 58.1 Å². The van der Waals surface area contributed by atoms with E-state index in [1.165, 1.54) is 11.9 Å². The molecule has 1 saturated heterocycles. The molecule has 2 unspecified atom stereocenters. The number of fused-ring (bicyclic) bond motifs is 1. The molecule has 0 saturated carbocycles. The summed E-state index contributed by atoms with van der Waals surface area (Å²) in [6, 6.07) is 14.0. The molecule has 0 spiro atoms. The predicted octanol–water partition coefficient (Wildman–Crippen LogP) is 4.27. The van der Waals surface area contributed by atoms with Crippen LogP contribution in [0, 0.1) is 0 Å². The Morgan fingerprint density at radius 3 is 2.76 bits per heavy atom. The van der Waals surface area contributed by atoms with Crippen LogP contribution in [0.2, 0.25) is 30.9 Å². The van der Waals surface area contributed by atoms with Crippen LogP contribution in [-0.2, 0) is 6.42 Å². The van der Waals surface area contributed by atoms with Crippen molar-refractivity contribution in [1.82, 2.24) is 9.97 Å². The lowest BCUT2D eigenvalue weighted by atomic mass is 9.45. The first kappa shape index (κ1) is 19.7. The first-order valence-corrected chi connectivity index (χ1v) is 10.1. The standard InChI is InChI=1S/C22H24B3N3O/c1-21(23-2)22(24-3,25(21)4)12-15-6-5-7-16(10-15)13-26-17-8-9-19-18(11-17)20(29)28-14-27-19/h5-11,13-14H,12H2,1-4H3,(H,27,28,29). The first-order valence-electron chi connectivity index (χ1n) is 10.1. The maximum Gasteiger partial charge on any atom is 0.258 e. The number of aromatic amines is 1. The molecule has 0 amide bonds. The van der Waals surface area contributed by atoms with Crippen LogP contribution in [0.5, 0.6) is 0 Å². The van der Waals surface area contributed by atoms with Crippen molar-refractivity contribution < 1.29 is 0 Å². The molecule has 3 aromatic rings. The smallest absolute Gasteiger partial charge is 0.258 e. The molecule has 0 bridgehead atoms. The van der Waals surface area contributed by atoms with Gasteiger partial charge in [-0.25, -0.2) is 4.98 Å². The molecule has 142 valence electrons. The third kappa shape index (κ3) is 3.27. The van der Waals surface area contributed by atoms with Crippen molar-refractivity contribution in [3.8, 4) is 0 Å². The lowest BCUT2D eigenvalue weighted by Gasteiger charge is -2.22. The van der Waals surface area contributed by atoms with Crippen molar-refractivity contribution in [1.29, 1.82) is 0 Å². The van der Waals surface area contributed by atoms with Crippen LogP contribution in [0.3, 0.4) is 0 Å². The van der Waals surface area contributed by atoms with Gasteiger partial charge in [0.1, 0.15) is 21.3 Å². The molecule has 2 atom stereocenters. The fraction of sp³-hybridized carbons (Fsp3) is 0.318. The van der Waals surface area contributed by atoms with E-state index in [1.54, 1.807) is 6.07 Å². The highest BCUT2D eigenvalue weighted by atomic mass is 16.1. The van der Waals surface area contributed by atoms with Gasteiger partial charge in [0.05, 0.1) is 22.9 Å². The van der Waals surface area contributed by atoms with Crippen LogP contribution in [-0.4, -0.2) is 37.5 Å². The largest absolute Gasteiger partial charge is 0.313 e. The Morgan fingerprint density at radius 1 is 1.21 bits per heavy atom. The average molecular weight is 379 g/mol. The quantitative estimate of drug-likeness (QED) is 0.514. The third-order valence-corrected chi connectivity index (χ3v) is 7.14. The van der Waals surface area contributed by atoms with Gasteiger partial charge in [-0.2, -0.15) is 0 Å². The first-order chi connectivity index (χ1) is 13.9. The zero-order chi connectivity index (χ0) is 20.6. The number of hydrogen-bond acceptors (Lipinski definition) is 3. The molecule has 4 nitrogen and oxygen atoms in total. The van der Waals surface area contributed by atoms with E-state index < -0.39 is 0 Å². The molecule has 29 heavy (non-hydrogen) atoms. The van der Waals surface area contributed by atoms with Gasteiger partial charge in [0.2, 0.25) is 0 Å². The lowest BCUT2D eigenvalue weighted by Crippen LogP contribution is -2.14. The second-order valence-corrected chi connectivity index (χ2v) is 8.24. The summed E-state index contributed by atoms with van der Waals surface area (Å²) in [4.78, 5) is 23.3. The maximum atomic E-state index is 12.0. The third-order valence-electron chi connectivity index (χ3n) is 7.14. The highest BCUT2D eigenvalue weighted by molar-refractivity contribution is 6.98. The highest BCUT2D eigenvalue weighted by Crippen LogP contribution is 2.74. The number of rotatable bonds is 6. The summed E-state index contributed by atoms with van der Waals surface area (Å²) >= 11 is 0. The molecule has 1 aliphatic rings. The molecular weight excluding hydrogens is 355 g/mol. The molecule has 1 fully saturated rings. The Kier molecular flexibility index (Phi) is 5.01. The zero-order valence-electron chi connectivity index (χ0n) is 17.4. The minimum atomic E-state index is -0.149. The number of aromatic nitrogens is 2. The number of benzene rings is 2. The van der Waals surface area contributed by atoms with E-state index in [0.29, 0.717) is 17.6 Å². The second-order valence-electron chi connectivity index (χ2n) is 8.24. The molecule has 0 aliphatic carbocycles. The number of nitrogens with one attached hydrogen (secondary N) is 1. The maximum absolute atomic E-state index is 12.0. The monoisotopic (exact) mass is 379 g/mol. The Balaban J connectivity index is 1.57. The number of aliphatic imine (C=N–C) groups is 1. The van der Waals surface area contributed by atoms with Gasteiger partial charge in [-0.05, 0) is 35.7 Å². The van der Waals surface area contributed by atoms with Crippen LogP contribution in [0.15, 0.2) is 58.6 Å². The van der Waals surface area contributed by atoms with Crippen molar-refractivity contribution in [2.24, 2.45) is 4.99 Å². The summed E-state index contributed by atoms with van der Waals surface area (Å²) in [5.74, 6) is 0. The Hall–Kier alpha value is -2.56. The van der Waals surface area contributed by atoms with Crippen molar-refractivity contribution in [2.45, 2.75) is 44.2 Å². The van der Waals surface area contributed by atoms with E-state index >= 15 is 0 Å². The molecule has 1 aromatic heterocycles. The van der Waals surface area contributed by atoms with Gasteiger partial charge in [0, 0.05) is 6.21 Å². The van der Waals surface area contributed by atoms with Gasteiger partial charge in [-0.15, -0.1) is 0 Å². The molecule has 1 aliphatic heterocycles. The summed E-state index contributed by atoms with van der Waals surface area (Å²) in [6.45, 7) is 9.72. The van der Waals surface area contributed by atoms with Crippen LogP contribution in [0.4, 0.5) is 5.69 Å². The normalized spacial score (nSPS) is 23.5. The highest BCUT2D eigenvalue weighted by Gasteiger charge is 2.69. The molecule has 7 heteroatoms. The summed E-state index contributed by atoms with van der Waals surface area (Å²) in [6.07, 6.45) is 4.31. The average Bonchev–Trinajstić information content (AvgIpc) is 3.21. The molecule has 4 rings (SSSR count). The molecule has 1 N–H and O–H groups in total. The zero-order valence-corrected chi connectivity index (χ0v) is 17.4. The van der Waals surface area contributed by atoms with Gasteiger partial charge in [0.25, 0.3) is 5.56 Å². The Labute approximate surface area is 173 Å². The summed E-state index contributed by atoms with van der Waals surface area (Å²) in [7, 11) is 4.75. The number of hydrogen-bond donors (Lipinski definition) is 1.